The molecule has 7 heavy (non-hydrogen) atoms. The molecule has 0 aromatic rings. The van der Waals surface area contributed by atoms with Gasteiger partial charge >= 0.3 is 29.6 Å². The molecule has 0 radical (unpaired) electrons. The molecular weight excluding hydrogens is 123 g/mol. The van der Waals surface area contributed by atoms with Crippen molar-refractivity contribution >= 4 is 47.4 Å². The number of hydrogen-bond acceptors (Lipinski definition) is 3. The van der Waals surface area contributed by atoms with Gasteiger partial charge in [0.15, 0.2) is 0 Å². The second-order valence-corrected chi connectivity index (χ2v) is 1.40. The monoisotopic (exact) mass is 130 g/mol. The van der Waals surface area contributed by atoms with Crippen LogP contribution >= 0.6 is 11.9 Å². The minimum absolute atomic E-state index is 0. The van der Waals surface area contributed by atoms with Gasteiger partial charge in [-0.05, 0) is 0 Å². The summed E-state index contributed by atoms with van der Waals surface area (Å²) in [4.78, 5) is 9.72. The molecular formula is C2H7N2NaOS. The van der Waals surface area contributed by atoms with E-state index in [1.54, 1.807) is 0 Å². The molecule has 0 rings (SSSR count). The Morgan fingerprint density at radius 1 is 1.71 bits per heavy atom. The zero-order chi connectivity index (χ0) is 4.99. The SMILES string of the molecule is NSCC(N)=O.[NaH]. The van der Waals surface area contributed by atoms with Gasteiger partial charge in [-0.1, -0.05) is 11.9 Å². The summed E-state index contributed by atoms with van der Waals surface area (Å²) in [5.41, 5.74) is 4.66. The van der Waals surface area contributed by atoms with Crippen LogP contribution in [0.5, 0.6) is 0 Å². The fraction of sp³-hybridized carbons (Fsp3) is 0.500. The molecule has 0 spiro atoms. The molecule has 3 nitrogen and oxygen atoms in total. The topological polar surface area (TPSA) is 69.1 Å². The molecule has 0 aliphatic heterocycles. The van der Waals surface area contributed by atoms with Crippen LogP contribution in [0.4, 0.5) is 0 Å². The van der Waals surface area contributed by atoms with Crippen molar-refractivity contribution in [2.24, 2.45) is 10.9 Å². The van der Waals surface area contributed by atoms with E-state index in [0.717, 1.165) is 11.9 Å². The number of nitrogens with two attached hydrogens (primary N) is 2. The van der Waals surface area contributed by atoms with Crippen LogP contribution in [0.1, 0.15) is 0 Å². The van der Waals surface area contributed by atoms with E-state index in [-0.39, 0.29) is 41.2 Å². The van der Waals surface area contributed by atoms with Gasteiger partial charge in [0.05, 0.1) is 5.75 Å². The first-order chi connectivity index (χ1) is 2.77. The Kier molecular flexibility index (Phi) is 10.4. The molecule has 5 heteroatoms. The third-order valence-corrected chi connectivity index (χ3v) is 0.677. The van der Waals surface area contributed by atoms with Crippen LogP contribution < -0.4 is 10.9 Å². The Labute approximate surface area is 68.6 Å². The van der Waals surface area contributed by atoms with E-state index in [1.807, 2.05) is 0 Å². The summed E-state index contributed by atoms with van der Waals surface area (Å²) >= 11 is 0.935. The number of hydrogen-bond donors (Lipinski definition) is 2. The summed E-state index contributed by atoms with van der Waals surface area (Å²) in [6, 6.07) is 0. The molecule has 0 aromatic carbocycles. The van der Waals surface area contributed by atoms with Crippen molar-refractivity contribution in [2.45, 2.75) is 0 Å². The normalized spacial score (nSPS) is 7.00. The molecule has 0 atom stereocenters. The Hall–Kier alpha value is 0.780. The van der Waals surface area contributed by atoms with E-state index < -0.39 is 0 Å². The predicted octanol–water partition coefficient (Wildman–Crippen LogP) is -1.57. The van der Waals surface area contributed by atoms with E-state index in [4.69, 9.17) is 5.14 Å². The Morgan fingerprint density at radius 3 is 2.14 bits per heavy atom. The molecule has 0 aliphatic carbocycles. The van der Waals surface area contributed by atoms with Crippen molar-refractivity contribution in [2.75, 3.05) is 5.75 Å². The van der Waals surface area contributed by atoms with Crippen LogP contribution in [0.25, 0.3) is 0 Å². The van der Waals surface area contributed by atoms with E-state index in [1.165, 1.54) is 0 Å². The number of primary amides is 1. The van der Waals surface area contributed by atoms with E-state index in [9.17, 15) is 4.79 Å². The van der Waals surface area contributed by atoms with Gasteiger partial charge in [-0.15, -0.1) is 0 Å². The third-order valence-electron chi connectivity index (χ3n) is 0.226. The molecule has 1 amide bonds. The molecule has 0 bridgehead atoms. The van der Waals surface area contributed by atoms with Crippen LogP contribution in [-0.2, 0) is 4.79 Å². The summed E-state index contributed by atoms with van der Waals surface area (Å²) in [5.74, 6) is -0.164. The number of rotatable bonds is 2. The molecule has 0 fully saturated rings. The first-order valence-electron chi connectivity index (χ1n) is 1.37. The fourth-order valence-corrected chi connectivity index (χ4v) is 0.246. The fourth-order valence-electron chi connectivity index (χ4n) is 0.0821. The van der Waals surface area contributed by atoms with Crippen LogP contribution in [0, 0.1) is 0 Å². The average Bonchev–Trinajstić information content (AvgIpc) is 1.35. The number of amides is 1. The second-order valence-electron chi connectivity index (χ2n) is 0.777. The average molecular weight is 130 g/mol. The molecule has 4 N–H and O–H groups in total. The Balaban J connectivity index is 0. The van der Waals surface area contributed by atoms with Gasteiger partial charge in [-0.2, -0.15) is 0 Å². The van der Waals surface area contributed by atoms with E-state index in [2.05, 4.69) is 5.73 Å². The molecule has 0 aromatic heterocycles. The second kappa shape index (κ2) is 6.78. The summed E-state index contributed by atoms with van der Waals surface area (Å²) in [6.07, 6.45) is 0. The molecule has 0 saturated carbocycles. The number of carbonyl (C=O) groups excluding carboxylic acids is 1. The van der Waals surface area contributed by atoms with Gasteiger partial charge in [0.2, 0.25) is 5.91 Å². The van der Waals surface area contributed by atoms with Crippen molar-refractivity contribution < 1.29 is 4.79 Å². The van der Waals surface area contributed by atoms with Crippen molar-refractivity contribution in [1.29, 1.82) is 0 Å². The van der Waals surface area contributed by atoms with Crippen LogP contribution in [0.3, 0.4) is 0 Å². The van der Waals surface area contributed by atoms with Gasteiger partial charge < -0.3 is 5.73 Å². The van der Waals surface area contributed by atoms with Crippen molar-refractivity contribution in [3.63, 3.8) is 0 Å². The molecule has 38 valence electrons. The molecule has 0 heterocycles. The zero-order valence-corrected chi connectivity index (χ0v) is 3.99. The number of carbonyl (C=O) groups is 1. The van der Waals surface area contributed by atoms with E-state index >= 15 is 0 Å². The maximum atomic E-state index is 9.72. The summed E-state index contributed by atoms with van der Waals surface area (Å²) < 4.78 is 0. The first kappa shape index (κ1) is 10.7. The first-order valence-corrected chi connectivity index (χ1v) is 2.42. The quantitative estimate of drug-likeness (QED) is 0.350. The Bertz CT molecular complexity index is 59.7. The molecule has 0 aliphatic rings. The zero-order valence-electron chi connectivity index (χ0n) is 3.18. The molecule has 0 saturated heterocycles. The van der Waals surface area contributed by atoms with E-state index in [0.29, 0.717) is 0 Å². The van der Waals surface area contributed by atoms with Gasteiger partial charge in [0.25, 0.3) is 0 Å². The Morgan fingerprint density at radius 2 is 2.14 bits per heavy atom. The van der Waals surface area contributed by atoms with Gasteiger partial charge in [0.1, 0.15) is 0 Å². The molecule has 0 unspecified atom stereocenters. The van der Waals surface area contributed by atoms with Crippen molar-refractivity contribution in [3.05, 3.63) is 0 Å². The van der Waals surface area contributed by atoms with Crippen molar-refractivity contribution in [1.82, 2.24) is 0 Å². The van der Waals surface area contributed by atoms with Gasteiger partial charge in [-0.3, -0.25) is 9.93 Å². The van der Waals surface area contributed by atoms with Crippen LogP contribution in [-0.4, -0.2) is 41.2 Å². The maximum absolute atomic E-state index is 9.72. The summed E-state index contributed by atoms with van der Waals surface area (Å²) in [7, 11) is 0. The van der Waals surface area contributed by atoms with Crippen LogP contribution in [0.2, 0.25) is 0 Å². The summed E-state index contributed by atoms with van der Waals surface area (Å²) in [5, 5.41) is 4.85. The van der Waals surface area contributed by atoms with Gasteiger partial charge in [0, 0.05) is 0 Å². The standard InChI is InChI=1S/C2H6N2OS.Na.H/c3-2(5)1-6-4;;/h1,4H2,(H2,3,5);;. The minimum atomic E-state index is -0.373. The van der Waals surface area contributed by atoms with Crippen molar-refractivity contribution in [3.8, 4) is 0 Å². The predicted molar refractivity (Wildman–Crippen MR) is 33.0 cm³/mol. The van der Waals surface area contributed by atoms with Crippen LogP contribution in [0.15, 0.2) is 0 Å². The summed E-state index contributed by atoms with van der Waals surface area (Å²) in [6.45, 7) is 0. The van der Waals surface area contributed by atoms with Gasteiger partial charge in [-0.25, -0.2) is 0 Å². The third kappa shape index (κ3) is 10.8.